The molecule has 4 rings (SSSR count). The predicted octanol–water partition coefficient (Wildman–Crippen LogP) is 4.26. The summed E-state index contributed by atoms with van der Waals surface area (Å²) in [5.41, 5.74) is 0. The normalized spacial score (nSPS) is 15.2. The van der Waals surface area contributed by atoms with Gasteiger partial charge in [-0.15, -0.1) is 10.2 Å². The second-order valence-corrected chi connectivity index (χ2v) is 7.40. The summed E-state index contributed by atoms with van der Waals surface area (Å²) in [6, 6.07) is 18.9. The first-order valence-corrected chi connectivity index (χ1v) is 10.4. The minimum atomic E-state index is -1.07. The number of carbonyl (C=O) groups excluding carboxylic acids is 1. The van der Waals surface area contributed by atoms with E-state index in [-0.39, 0.29) is 18.9 Å². The van der Waals surface area contributed by atoms with Gasteiger partial charge in [-0.2, -0.15) is 0 Å². The van der Waals surface area contributed by atoms with Gasteiger partial charge in [-0.3, -0.25) is 9.59 Å². The van der Waals surface area contributed by atoms with Crippen molar-refractivity contribution in [3.05, 3.63) is 82.5 Å². The molecule has 170 valence electrons. The molecule has 2 aromatic carbocycles. The summed E-state index contributed by atoms with van der Waals surface area (Å²) >= 11 is 11.1. The number of nitrogens with zero attached hydrogens (tertiary/aromatic N) is 3. The number of carboxylic acids is 1. The average molecular weight is 480 g/mol. The van der Waals surface area contributed by atoms with Crippen molar-refractivity contribution >= 4 is 35.1 Å². The van der Waals surface area contributed by atoms with E-state index in [1.807, 2.05) is 60.7 Å². The number of carboxylic acid groups (broad SMARTS) is 1. The van der Waals surface area contributed by atoms with Crippen molar-refractivity contribution in [3.63, 3.8) is 0 Å². The standard InChI is InChI=1S/C10H13N3O5.2C6H5Cl/c1-6-11-12-8(18-6)5-13-2-3-17-7(10(13)16)4-9(14)15;2*7-6-4-2-1-3-5-6/h7H,2-5H2,1H3,(H,14,15);2*1-5H. The zero-order chi connectivity index (χ0) is 23.3. The topological polar surface area (TPSA) is 106 Å². The Labute approximate surface area is 195 Å². The van der Waals surface area contributed by atoms with Gasteiger partial charge in [0.2, 0.25) is 11.8 Å². The van der Waals surface area contributed by atoms with E-state index in [0.717, 1.165) is 10.0 Å². The molecule has 1 saturated heterocycles. The molecule has 0 spiro atoms. The Kier molecular flexibility index (Phi) is 10.7. The summed E-state index contributed by atoms with van der Waals surface area (Å²) in [5.74, 6) is -0.673. The molecular weight excluding hydrogens is 457 g/mol. The fourth-order valence-electron chi connectivity index (χ4n) is 2.55. The molecule has 1 aromatic heterocycles. The van der Waals surface area contributed by atoms with Crippen molar-refractivity contribution in [2.45, 2.75) is 26.0 Å². The van der Waals surface area contributed by atoms with Crippen LogP contribution in [0.2, 0.25) is 10.0 Å². The lowest BCUT2D eigenvalue weighted by Crippen LogP contribution is -2.47. The van der Waals surface area contributed by atoms with Crippen LogP contribution >= 0.6 is 23.2 Å². The smallest absolute Gasteiger partial charge is 0.306 e. The second-order valence-electron chi connectivity index (χ2n) is 6.52. The Balaban J connectivity index is 0.000000211. The van der Waals surface area contributed by atoms with Gasteiger partial charge in [-0.05, 0) is 24.3 Å². The van der Waals surface area contributed by atoms with Crippen LogP contribution in [0.5, 0.6) is 0 Å². The van der Waals surface area contributed by atoms with Crippen LogP contribution < -0.4 is 0 Å². The van der Waals surface area contributed by atoms with Crippen molar-refractivity contribution in [3.8, 4) is 0 Å². The summed E-state index contributed by atoms with van der Waals surface area (Å²) in [5, 5.41) is 17.7. The zero-order valence-electron chi connectivity index (χ0n) is 17.4. The van der Waals surface area contributed by atoms with E-state index in [1.165, 1.54) is 4.90 Å². The highest BCUT2D eigenvalue weighted by atomic mass is 35.5. The molecule has 0 aliphatic carbocycles. The van der Waals surface area contributed by atoms with Crippen molar-refractivity contribution < 1.29 is 23.8 Å². The number of aryl methyl sites for hydroxylation is 1. The van der Waals surface area contributed by atoms with Gasteiger partial charge in [-0.25, -0.2) is 0 Å². The lowest BCUT2D eigenvalue weighted by atomic mass is 10.2. The highest BCUT2D eigenvalue weighted by Gasteiger charge is 2.32. The number of halogens is 2. The monoisotopic (exact) mass is 479 g/mol. The maximum absolute atomic E-state index is 11.9. The molecular formula is C22H23Cl2N3O5. The van der Waals surface area contributed by atoms with Crippen LogP contribution in [0.4, 0.5) is 0 Å². The maximum Gasteiger partial charge on any atom is 0.306 e. The molecule has 1 amide bonds. The summed E-state index contributed by atoms with van der Waals surface area (Å²) in [6.07, 6.45) is -1.27. The Morgan fingerprint density at radius 2 is 1.62 bits per heavy atom. The lowest BCUT2D eigenvalue weighted by Gasteiger charge is -2.30. The van der Waals surface area contributed by atoms with E-state index >= 15 is 0 Å². The van der Waals surface area contributed by atoms with E-state index in [2.05, 4.69) is 10.2 Å². The molecule has 1 atom stereocenters. The molecule has 1 aliphatic rings. The first-order valence-electron chi connectivity index (χ1n) is 9.67. The number of amides is 1. The summed E-state index contributed by atoms with van der Waals surface area (Å²) in [4.78, 5) is 24.0. The number of hydrogen-bond acceptors (Lipinski definition) is 6. The molecule has 8 nitrogen and oxygen atoms in total. The number of carbonyl (C=O) groups is 2. The Bertz CT molecular complexity index is 932. The van der Waals surface area contributed by atoms with Crippen LogP contribution in [-0.4, -0.2) is 51.3 Å². The average Bonchev–Trinajstić information content (AvgIpc) is 3.17. The predicted molar refractivity (Wildman–Crippen MR) is 119 cm³/mol. The molecule has 0 radical (unpaired) electrons. The molecule has 1 unspecified atom stereocenters. The largest absolute Gasteiger partial charge is 0.481 e. The van der Waals surface area contributed by atoms with Gasteiger partial charge in [0, 0.05) is 23.5 Å². The van der Waals surface area contributed by atoms with Crippen LogP contribution in [0, 0.1) is 6.92 Å². The minimum Gasteiger partial charge on any atom is -0.481 e. The molecule has 0 bridgehead atoms. The first-order chi connectivity index (χ1) is 15.3. The van der Waals surface area contributed by atoms with Gasteiger partial charge in [0.15, 0.2) is 0 Å². The van der Waals surface area contributed by atoms with Crippen molar-refractivity contribution in [1.82, 2.24) is 15.1 Å². The highest BCUT2D eigenvalue weighted by Crippen LogP contribution is 2.13. The minimum absolute atomic E-state index is 0.180. The van der Waals surface area contributed by atoms with E-state index < -0.39 is 12.1 Å². The summed E-state index contributed by atoms with van der Waals surface area (Å²) in [7, 11) is 0. The number of benzene rings is 2. The zero-order valence-corrected chi connectivity index (χ0v) is 18.9. The van der Waals surface area contributed by atoms with Gasteiger partial charge in [0.1, 0.15) is 6.10 Å². The quantitative estimate of drug-likeness (QED) is 0.595. The molecule has 1 aliphatic heterocycles. The van der Waals surface area contributed by atoms with Crippen molar-refractivity contribution in [2.75, 3.05) is 13.2 Å². The lowest BCUT2D eigenvalue weighted by molar-refractivity contribution is -0.160. The van der Waals surface area contributed by atoms with Gasteiger partial charge in [0.25, 0.3) is 5.91 Å². The van der Waals surface area contributed by atoms with Gasteiger partial charge < -0.3 is 19.2 Å². The van der Waals surface area contributed by atoms with Gasteiger partial charge in [0.05, 0.1) is 19.6 Å². The van der Waals surface area contributed by atoms with E-state index in [9.17, 15) is 9.59 Å². The molecule has 0 saturated carbocycles. The van der Waals surface area contributed by atoms with Crippen molar-refractivity contribution in [1.29, 1.82) is 0 Å². The summed E-state index contributed by atoms with van der Waals surface area (Å²) < 4.78 is 10.3. The summed E-state index contributed by atoms with van der Waals surface area (Å²) in [6.45, 7) is 2.53. The highest BCUT2D eigenvalue weighted by molar-refractivity contribution is 6.30. The molecule has 1 N–H and O–H groups in total. The van der Waals surface area contributed by atoms with Gasteiger partial charge >= 0.3 is 5.97 Å². The maximum atomic E-state index is 11.9. The van der Waals surface area contributed by atoms with E-state index in [0.29, 0.717) is 24.9 Å². The number of rotatable bonds is 4. The molecule has 2 heterocycles. The van der Waals surface area contributed by atoms with Crippen LogP contribution in [0.25, 0.3) is 0 Å². The van der Waals surface area contributed by atoms with E-state index in [1.54, 1.807) is 6.92 Å². The Morgan fingerprint density at radius 3 is 2.03 bits per heavy atom. The SMILES string of the molecule is Cc1nnc(CN2CCOC(CC(=O)O)C2=O)o1.Clc1ccccc1.Clc1ccccc1. The number of hydrogen-bond donors (Lipinski definition) is 1. The third-order valence-corrected chi connectivity index (χ3v) is 4.49. The number of aliphatic carboxylic acids is 1. The number of aromatic nitrogens is 2. The second kappa shape index (κ2) is 13.5. The first kappa shape index (κ1) is 25.3. The molecule has 3 aromatic rings. The Hall–Kier alpha value is -2.94. The fourth-order valence-corrected chi connectivity index (χ4v) is 2.84. The van der Waals surface area contributed by atoms with Crippen LogP contribution in [-0.2, 0) is 20.9 Å². The third-order valence-electron chi connectivity index (χ3n) is 3.99. The fraction of sp³-hybridized carbons (Fsp3) is 0.273. The molecule has 1 fully saturated rings. The van der Waals surface area contributed by atoms with Crippen LogP contribution in [0.15, 0.2) is 65.1 Å². The van der Waals surface area contributed by atoms with Crippen molar-refractivity contribution in [2.24, 2.45) is 0 Å². The molecule has 32 heavy (non-hydrogen) atoms. The Morgan fingerprint density at radius 1 is 1.06 bits per heavy atom. The van der Waals surface area contributed by atoms with Crippen LogP contribution in [0.1, 0.15) is 18.2 Å². The van der Waals surface area contributed by atoms with Crippen LogP contribution in [0.3, 0.4) is 0 Å². The van der Waals surface area contributed by atoms with Gasteiger partial charge in [-0.1, -0.05) is 59.6 Å². The van der Waals surface area contributed by atoms with E-state index in [4.69, 9.17) is 37.5 Å². The third kappa shape index (κ3) is 9.47. The number of ether oxygens (including phenoxy) is 1. The molecule has 10 heteroatoms. The number of morpholine rings is 1.